The molecule has 1 unspecified atom stereocenters. The van der Waals surface area contributed by atoms with Gasteiger partial charge in [-0.2, -0.15) is 0 Å². The predicted molar refractivity (Wildman–Crippen MR) is 125 cm³/mol. The molecular formula is C26H31N3O2. The van der Waals surface area contributed by atoms with Crippen LogP contribution in [0.3, 0.4) is 0 Å². The van der Waals surface area contributed by atoms with E-state index >= 15 is 0 Å². The summed E-state index contributed by atoms with van der Waals surface area (Å²) in [5.74, 6) is 0.316. The van der Waals surface area contributed by atoms with E-state index in [1.54, 1.807) is 0 Å². The van der Waals surface area contributed by atoms with Gasteiger partial charge in [-0.1, -0.05) is 43.5 Å². The Kier molecular flexibility index (Phi) is 5.30. The lowest BCUT2D eigenvalue weighted by Crippen LogP contribution is -2.35. The smallest absolute Gasteiger partial charge is 0.340 e. The topological polar surface area (TPSA) is 45.1 Å². The van der Waals surface area contributed by atoms with Crippen molar-refractivity contribution in [2.75, 3.05) is 32.1 Å². The summed E-state index contributed by atoms with van der Waals surface area (Å²) in [6.45, 7) is 2.29. The molecule has 162 valence electrons. The maximum Gasteiger partial charge on any atom is 0.340 e. The first-order chi connectivity index (χ1) is 15.0. The Morgan fingerprint density at radius 1 is 0.968 bits per heavy atom. The molecule has 1 saturated carbocycles. The third-order valence-corrected chi connectivity index (χ3v) is 7.22. The number of carbonyl (C=O) groups is 1. The molecule has 2 aromatic rings. The summed E-state index contributed by atoms with van der Waals surface area (Å²) in [6.07, 6.45) is 6.12. The van der Waals surface area contributed by atoms with Crippen molar-refractivity contribution >= 4 is 17.6 Å². The summed E-state index contributed by atoms with van der Waals surface area (Å²) in [6, 6.07) is 17.6. The fraction of sp³-hybridized carbons (Fsp3) is 0.462. The van der Waals surface area contributed by atoms with Crippen LogP contribution < -0.4 is 4.90 Å². The van der Waals surface area contributed by atoms with E-state index in [2.05, 4.69) is 60.3 Å². The molecule has 1 aliphatic carbocycles. The number of benzene rings is 2. The number of carbonyl (C=O) groups excluding carboxylic acids is 1. The fourth-order valence-corrected chi connectivity index (χ4v) is 5.15. The van der Waals surface area contributed by atoms with E-state index in [0.717, 1.165) is 43.4 Å². The number of anilines is 1. The fourth-order valence-electron chi connectivity index (χ4n) is 5.15. The maximum absolute atomic E-state index is 12.5. The molecule has 1 spiro atoms. The number of aliphatic imine (C=N–C) groups is 1. The Morgan fingerprint density at radius 2 is 1.58 bits per heavy atom. The molecule has 3 aliphatic rings. The lowest BCUT2D eigenvalue weighted by molar-refractivity contribution is -0.140. The molecule has 1 atom stereocenters. The van der Waals surface area contributed by atoms with Crippen LogP contribution in [0.1, 0.15) is 44.1 Å². The zero-order chi connectivity index (χ0) is 21.4. The molecule has 5 heteroatoms. The van der Waals surface area contributed by atoms with Gasteiger partial charge in [-0.05, 0) is 68.2 Å². The summed E-state index contributed by atoms with van der Waals surface area (Å²) in [5, 5.41) is 0. The summed E-state index contributed by atoms with van der Waals surface area (Å²) in [4.78, 5) is 22.0. The highest BCUT2D eigenvalue weighted by atomic mass is 16.6. The minimum atomic E-state index is -0.623. The largest absolute Gasteiger partial charge is 0.405 e. The SMILES string of the molecule is CN1CCC(N(C)c2ccc(-c3ccc(C4=NC5(CCCCC5)C(=O)O4)cc3)cc2)C1. The second-order valence-electron chi connectivity index (χ2n) is 9.34. The van der Waals surface area contributed by atoms with Gasteiger partial charge in [0.05, 0.1) is 0 Å². The number of rotatable bonds is 4. The number of likely N-dealkylation sites (tertiary alicyclic amines) is 1. The van der Waals surface area contributed by atoms with Crippen LogP contribution in [0.4, 0.5) is 5.69 Å². The highest BCUT2D eigenvalue weighted by molar-refractivity contribution is 6.08. The number of cyclic esters (lactones) is 1. The highest BCUT2D eigenvalue weighted by Crippen LogP contribution is 2.37. The molecule has 0 amide bonds. The number of likely N-dealkylation sites (N-methyl/N-ethyl adjacent to an activating group) is 2. The van der Waals surface area contributed by atoms with E-state index in [4.69, 9.17) is 9.73 Å². The molecule has 31 heavy (non-hydrogen) atoms. The molecule has 2 fully saturated rings. The zero-order valence-electron chi connectivity index (χ0n) is 18.5. The Bertz CT molecular complexity index is 975. The van der Waals surface area contributed by atoms with Crippen molar-refractivity contribution in [3.05, 3.63) is 54.1 Å². The van der Waals surface area contributed by atoms with Crippen molar-refractivity contribution in [3.8, 4) is 11.1 Å². The molecule has 2 aromatic carbocycles. The van der Waals surface area contributed by atoms with Crippen molar-refractivity contribution in [2.45, 2.75) is 50.1 Å². The van der Waals surface area contributed by atoms with Gasteiger partial charge in [0.25, 0.3) is 0 Å². The van der Waals surface area contributed by atoms with Crippen LogP contribution >= 0.6 is 0 Å². The van der Waals surface area contributed by atoms with E-state index in [-0.39, 0.29) is 5.97 Å². The second-order valence-corrected chi connectivity index (χ2v) is 9.34. The zero-order valence-corrected chi connectivity index (χ0v) is 18.5. The van der Waals surface area contributed by atoms with E-state index in [1.165, 1.54) is 30.6 Å². The van der Waals surface area contributed by atoms with Gasteiger partial charge in [0.1, 0.15) is 0 Å². The highest BCUT2D eigenvalue weighted by Gasteiger charge is 2.46. The molecule has 0 N–H and O–H groups in total. The molecule has 0 bridgehead atoms. The van der Waals surface area contributed by atoms with Gasteiger partial charge < -0.3 is 14.5 Å². The standard InChI is InChI=1S/C26H31N3O2/c1-28-17-14-23(18-28)29(2)22-12-10-20(11-13-22)19-6-8-21(9-7-19)24-27-26(25(30)31-24)15-4-3-5-16-26/h6-13,23H,3-5,14-18H2,1-2H3. The molecule has 1 saturated heterocycles. The van der Waals surface area contributed by atoms with Crippen LogP contribution in [0.25, 0.3) is 11.1 Å². The van der Waals surface area contributed by atoms with Crippen LogP contribution in [0.5, 0.6) is 0 Å². The normalized spacial score (nSPS) is 23.1. The lowest BCUT2D eigenvalue weighted by Gasteiger charge is -2.26. The van der Waals surface area contributed by atoms with Crippen LogP contribution in [0.15, 0.2) is 53.5 Å². The summed E-state index contributed by atoms with van der Waals surface area (Å²) >= 11 is 0. The minimum absolute atomic E-state index is 0.167. The van der Waals surface area contributed by atoms with Gasteiger partial charge in [0.2, 0.25) is 5.90 Å². The van der Waals surface area contributed by atoms with Gasteiger partial charge in [-0.3, -0.25) is 0 Å². The number of nitrogens with zero attached hydrogens (tertiary/aromatic N) is 3. The minimum Gasteiger partial charge on any atom is -0.405 e. The van der Waals surface area contributed by atoms with Crippen molar-refractivity contribution in [1.29, 1.82) is 0 Å². The van der Waals surface area contributed by atoms with Crippen molar-refractivity contribution < 1.29 is 9.53 Å². The third-order valence-electron chi connectivity index (χ3n) is 7.22. The molecule has 5 nitrogen and oxygen atoms in total. The third kappa shape index (κ3) is 3.87. The van der Waals surface area contributed by atoms with E-state index in [0.29, 0.717) is 11.9 Å². The summed E-state index contributed by atoms with van der Waals surface area (Å²) < 4.78 is 5.59. The molecule has 2 heterocycles. The Labute approximate surface area is 184 Å². The second kappa shape index (κ2) is 8.12. The first-order valence-electron chi connectivity index (χ1n) is 11.5. The number of ether oxygens (including phenoxy) is 1. The van der Waals surface area contributed by atoms with Crippen LogP contribution in [0.2, 0.25) is 0 Å². The van der Waals surface area contributed by atoms with Crippen molar-refractivity contribution in [3.63, 3.8) is 0 Å². The maximum atomic E-state index is 12.5. The van der Waals surface area contributed by atoms with E-state index in [9.17, 15) is 4.79 Å². The Balaban J connectivity index is 1.30. The van der Waals surface area contributed by atoms with Gasteiger partial charge >= 0.3 is 5.97 Å². The van der Waals surface area contributed by atoms with Crippen LogP contribution in [-0.2, 0) is 9.53 Å². The lowest BCUT2D eigenvalue weighted by atomic mass is 9.83. The Morgan fingerprint density at radius 3 is 2.19 bits per heavy atom. The average molecular weight is 418 g/mol. The van der Waals surface area contributed by atoms with Crippen molar-refractivity contribution in [1.82, 2.24) is 4.90 Å². The monoisotopic (exact) mass is 417 g/mol. The Hall–Kier alpha value is -2.66. The van der Waals surface area contributed by atoms with Crippen LogP contribution in [0, 0.1) is 0 Å². The van der Waals surface area contributed by atoms with Gasteiger partial charge in [0.15, 0.2) is 5.54 Å². The molecule has 5 rings (SSSR count). The quantitative estimate of drug-likeness (QED) is 0.687. The van der Waals surface area contributed by atoms with E-state index in [1.807, 2.05) is 12.1 Å². The molecule has 0 aromatic heterocycles. The molecule has 2 aliphatic heterocycles. The van der Waals surface area contributed by atoms with Gasteiger partial charge in [-0.15, -0.1) is 0 Å². The molecular weight excluding hydrogens is 386 g/mol. The first kappa shape index (κ1) is 20.3. The predicted octanol–water partition coefficient (Wildman–Crippen LogP) is 4.50. The molecule has 0 radical (unpaired) electrons. The van der Waals surface area contributed by atoms with E-state index < -0.39 is 5.54 Å². The summed E-state index contributed by atoms with van der Waals surface area (Å²) in [5.41, 5.74) is 3.84. The van der Waals surface area contributed by atoms with Crippen LogP contribution in [-0.4, -0.2) is 55.5 Å². The average Bonchev–Trinajstić information content (AvgIpc) is 3.38. The number of esters is 1. The van der Waals surface area contributed by atoms with Gasteiger partial charge in [-0.25, -0.2) is 9.79 Å². The van der Waals surface area contributed by atoms with Gasteiger partial charge in [0, 0.05) is 30.9 Å². The van der Waals surface area contributed by atoms with Crippen molar-refractivity contribution in [2.24, 2.45) is 4.99 Å². The number of hydrogen-bond acceptors (Lipinski definition) is 5. The number of hydrogen-bond donors (Lipinski definition) is 0. The first-order valence-corrected chi connectivity index (χ1v) is 11.5. The summed E-state index contributed by atoms with van der Waals surface area (Å²) in [7, 11) is 4.38.